The van der Waals surface area contributed by atoms with E-state index in [0.29, 0.717) is 0 Å². The van der Waals surface area contributed by atoms with Crippen LogP contribution in [0.15, 0.2) is 138 Å². The van der Waals surface area contributed by atoms with Crippen molar-refractivity contribution in [2.24, 2.45) is 0 Å². The van der Waals surface area contributed by atoms with Crippen molar-refractivity contribution >= 4 is 54.5 Å². The molecule has 0 radical (unpaired) electrons. The molecule has 3 aromatic heterocycles. The molecule has 3 nitrogen and oxygen atoms in total. The largest absolute Gasteiger partial charge is 0.456 e. The lowest BCUT2D eigenvalue weighted by Gasteiger charge is -2.13. The number of pyridine rings is 1. The van der Waals surface area contributed by atoms with E-state index in [0.717, 1.165) is 21.9 Å². The van der Waals surface area contributed by atoms with Crippen LogP contribution in [0.3, 0.4) is 0 Å². The van der Waals surface area contributed by atoms with Gasteiger partial charge >= 0.3 is 0 Å². The molecule has 194 valence electrons. The molecule has 1 aliphatic carbocycles. The minimum atomic E-state index is 0.919. The summed E-state index contributed by atoms with van der Waals surface area (Å²) in [5, 5.41) is 7.36. The van der Waals surface area contributed by atoms with Crippen molar-refractivity contribution in [2.75, 3.05) is 0 Å². The molecule has 0 saturated heterocycles. The summed E-state index contributed by atoms with van der Waals surface area (Å²) in [4.78, 5) is 4.43. The van der Waals surface area contributed by atoms with Gasteiger partial charge in [-0.2, -0.15) is 0 Å². The number of para-hydroxylation sites is 2. The first-order chi connectivity index (χ1) is 20.8. The average molecular weight is 535 g/mol. The number of rotatable bonds is 2. The zero-order valence-corrected chi connectivity index (χ0v) is 22.5. The van der Waals surface area contributed by atoms with Gasteiger partial charge in [0.1, 0.15) is 11.2 Å². The summed E-state index contributed by atoms with van der Waals surface area (Å²) in [6.07, 6.45) is 3.89. The Labute approximate surface area is 240 Å². The van der Waals surface area contributed by atoms with Gasteiger partial charge < -0.3 is 8.98 Å². The van der Waals surface area contributed by atoms with Crippen molar-refractivity contribution in [3.8, 4) is 39.1 Å². The number of benzene rings is 6. The van der Waals surface area contributed by atoms with E-state index >= 15 is 0 Å². The van der Waals surface area contributed by atoms with Gasteiger partial charge in [0.25, 0.3) is 0 Å². The number of furan rings is 1. The van der Waals surface area contributed by atoms with Gasteiger partial charge in [0.15, 0.2) is 0 Å². The zero-order valence-electron chi connectivity index (χ0n) is 22.5. The first-order valence-corrected chi connectivity index (χ1v) is 14.3. The second-order valence-corrected chi connectivity index (χ2v) is 11.2. The number of nitrogens with zero attached hydrogens (tertiary/aromatic N) is 2. The lowest BCUT2D eigenvalue weighted by molar-refractivity contribution is 0.669. The van der Waals surface area contributed by atoms with Gasteiger partial charge in [-0.1, -0.05) is 72.8 Å². The van der Waals surface area contributed by atoms with Crippen molar-refractivity contribution in [3.05, 3.63) is 134 Å². The number of hydrogen-bond donors (Lipinski definition) is 0. The van der Waals surface area contributed by atoms with Crippen LogP contribution in [0.4, 0.5) is 0 Å². The van der Waals surface area contributed by atoms with Crippen LogP contribution < -0.4 is 0 Å². The molecule has 0 unspecified atom stereocenters. The van der Waals surface area contributed by atoms with Crippen LogP contribution in [0.1, 0.15) is 0 Å². The summed E-state index contributed by atoms with van der Waals surface area (Å²) in [5.74, 6) is 0. The summed E-state index contributed by atoms with van der Waals surface area (Å²) in [7, 11) is 0. The Hall–Kier alpha value is -5.67. The van der Waals surface area contributed by atoms with Crippen LogP contribution in [0.2, 0.25) is 0 Å². The smallest absolute Gasteiger partial charge is 0.135 e. The Kier molecular flexibility index (Phi) is 4.18. The maximum atomic E-state index is 6.09. The summed E-state index contributed by atoms with van der Waals surface area (Å²) in [6.45, 7) is 0. The molecule has 3 heteroatoms. The van der Waals surface area contributed by atoms with Crippen LogP contribution in [0, 0.1) is 0 Å². The molecule has 0 aliphatic heterocycles. The van der Waals surface area contributed by atoms with Crippen molar-refractivity contribution in [3.63, 3.8) is 0 Å². The van der Waals surface area contributed by atoms with E-state index in [1.165, 1.54) is 71.6 Å². The molecule has 0 saturated carbocycles. The Morgan fingerprint density at radius 1 is 0.476 bits per heavy atom. The van der Waals surface area contributed by atoms with E-state index in [-0.39, 0.29) is 0 Å². The van der Waals surface area contributed by atoms with E-state index < -0.39 is 0 Å². The maximum Gasteiger partial charge on any atom is 0.135 e. The van der Waals surface area contributed by atoms with Crippen molar-refractivity contribution in [1.82, 2.24) is 9.55 Å². The highest BCUT2D eigenvalue weighted by atomic mass is 16.3. The van der Waals surface area contributed by atoms with Gasteiger partial charge in [-0.05, 0) is 81.7 Å². The van der Waals surface area contributed by atoms with Gasteiger partial charge in [-0.15, -0.1) is 0 Å². The molecule has 0 amide bonds. The van der Waals surface area contributed by atoms with E-state index in [1.54, 1.807) is 0 Å². The summed E-state index contributed by atoms with van der Waals surface area (Å²) in [5.41, 5.74) is 12.8. The fourth-order valence-corrected chi connectivity index (χ4v) is 7.20. The fourth-order valence-electron chi connectivity index (χ4n) is 7.20. The third-order valence-electron chi connectivity index (χ3n) is 9.04. The predicted molar refractivity (Wildman–Crippen MR) is 173 cm³/mol. The molecule has 0 atom stereocenters. The van der Waals surface area contributed by atoms with Crippen molar-refractivity contribution in [1.29, 1.82) is 0 Å². The van der Waals surface area contributed by atoms with Crippen LogP contribution >= 0.6 is 0 Å². The third-order valence-corrected chi connectivity index (χ3v) is 9.04. The normalized spacial score (nSPS) is 12.3. The fraction of sp³-hybridized carbons (Fsp3) is 0. The molecule has 0 N–H and O–H groups in total. The second kappa shape index (κ2) is 7.96. The van der Waals surface area contributed by atoms with Gasteiger partial charge in [-0.25, -0.2) is 0 Å². The number of fused-ring (bicyclic) bond motifs is 9. The lowest BCUT2D eigenvalue weighted by atomic mass is 10.0. The molecule has 9 aromatic rings. The molecule has 0 bridgehead atoms. The number of hydrogen-bond acceptors (Lipinski definition) is 2. The molecule has 6 aromatic carbocycles. The Morgan fingerprint density at radius 2 is 1.21 bits per heavy atom. The second-order valence-electron chi connectivity index (χ2n) is 11.2. The first-order valence-electron chi connectivity index (χ1n) is 14.3. The predicted octanol–water partition coefficient (Wildman–Crippen LogP) is 10.5. The molecule has 0 fully saturated rings. The maximum absolute atomic E-state index is 6.09. The molecular weight excluding hydrogens is 512 g/mol. The standard InChI is InChI=1S/C39H22N2O/c1-3-10-34-26(6-1)31-20-23(24-13-17-38-32(21-24)27-7-2-4-11-37(27)42-38)12-15-36(31)41(34)35-16-14-29-33-22-40-19-18-25(33)28-8-5-9-30(35)39(28)29/h1-22H. The average Bonchev–Trinajstić information content (AvgIpc) is 3.70. The first kappa shape index (κ1) is 22.1. The van der Waals surface area contributed by atoms with E-state index in [4.69, 9.17) is 4.42 Å². The number of aromatic nitrogens is 2. The van der Waals surface area contributed by atoms with Crippen molar-refractivity contribution < 1.29 is 4.42 Å². The van der Waals surface area contributed by atoms with Gasteiger partial charge in [0, 0.05) is 44.9 Å². The Morgan fingerprint density at radius 3 is 2.17 bits per heavy atom. The van der Waals surface area contributed by atoms with E-state index in [9.17, 15) is 0 Å². The molecule has 10 rings (SSSR count). The minimum absolute atomic E-state index is 0.919. The summed E-state index contributed by atoms with van der Waals surface area (Å²) in [6, 6.07) is 43.8. The van der Waals surface area contributed by atoms with Crippen LogP contribution in [0.5, 0.6) is 0 Å². The Balaban J connectivity index is 1.22. The Bertz CT molecular complexity index is 2550. The highest BCUT2D eigenvalue weighted by molar-refractivity contribution is 6.19. The van der Waals surface area contributed by atoms with Crippen molar-refractivity contribution in [2.45, 2.75) is 0 Å². The van der Waals surface area contributed by atoms with E-state index in [2.05, 4.69) is 119 Å². The third kappa shape index (κ3) is 2.82. The monoisotopic (exact) mass is 534 g/mol. The highest BCUT2D eigenvalue weighted by Gasteiger charge is 2.24. The quantitative estimate of drug-likeness (QED) is 0.221. The molecule has 0 spiro atoms. The minimum Gasteiger partial charge on any atom is -0.456 e. The zero-order chi connectivity index (χ0) is 27.4. The molecular formula is C39H22N2O. The van der Waals surface area contributed by atoms with Crippen LogP contribution in [-0.2, 0) is 0 Å². The van der Waals surface area contributed by atoms with Crippen LogP contribution in [-0.4, -0.2) is 9.55 Å². The summed E-state index contributed by atoms with van der Waals surface area (Å²) < 4.78 is 8.53. The van der Waals surface area contributed by atoms with Gasteiger partial charge in [-0.3, -0.25) is 4.98 Å². The molecule has 42 heavy (non-hydrogen) atoms. The molecule has 3 heterocycles. The SMILES string of the molecule is c1ccc2c(c1)oc1ccc(-c3ccc4c(c3)c3ccccc3n4-c3ccc4c5c(cccc35)-c3ccncc3-4)cc12. The molecule has 1 aliphatic rings. The van der Waals surface area contributed by atoms with E-state index in [1.807, 2.05) is 24.5 Å². The van der Waals surface area contributed by atoms with Gasteiger partial charge in [0.05, 0.1) is 16.7 Å². The topological polar surface area (TPSA) is 31.0 Å². The van der Waals surface area contributed by atoms with Crippen LogP contribution in [0.25, 0.3) is 93.6 Å². The summed E-state index contributed by atoms with van der Waals surface area (Å²) >= 11 is 0. The lowest BCUT2D eigenvalue weighted by Crippen LogP contribution is -1.95. The van der Waals surface area contributed by atoms with Gasteiger partial charge in [0.2, 0.25) is 0 Å². The highest BCUT2D eigenvalue weighted by Crippen LogP contribution is 2.49.